The summed E-state index contributed by atoms with van der Waals surface area (Å²) in [6, 6.07) is 4.25. The molecule has 0 saturated carbocycles. The van der Waals surface area contributed by atoms with Gasteiger partial charge in [0.2, 0.25) is 5.88 Å². The zero-order valence-corrected chi connectivity index (χ0v) is 12.6. The molecule has 1 unspecified atom stereocenters. The molecule has 2 aliphatic heterocycles. The molecule has 5 heteroatoms. The number of hydrogen-bond acceptors (Lipinski definition) is 3. The normalized spacial score (nSPS) is 24.7. The fourth-order valence-corrected chi connectivity index (χ4v) is 4.99. The van der Waals surface area contributed by atoms with Crippen LogP contribution in [0, 0.1) is 0 Å². The predicted molar refractivity (Wildman–Crippen MR) is 79.4 cm³/mol. The minimum absolute atomic E-state index is 0.345. The Kier molecular flexibility index (Phi) is 2.90. The minimum atomic E-state index is 0.345. The number of hydrogen-bond donors (Lipinski definition) is 0. The quantitative estimate of drug-likeness (QED) is 0.753. The van der Waals surface area contributed by atoms with Crippen LogP contribution in [0.2, 0.25) is 10.0 Å². The SMILES string of the molecule is Clc1cc(Cl)c2c(c1)CCC2N1CSC2=C1OCC2. The van der Waals surface area contributed by atoms with Gasteiger partial charge in [0.25, 0.3) is 0 Å². The van der Waals surface area contributed by atoms with Crippen LogP contribution in [0.15, 0.2) is 22.9 Å². The van der Waals surface area contributed by atoms with Crippen LogP contribution in [0.5, 0.6) is 0 Å². The van der Waals surface area contributed by atoms with Gasteiger partial charge in [0.1, 0.15) is 0 Å². The summed E-state index contributed by atoms with van der Waals surface area (Å²) < 4.78 is 5.80. The average molecular weight is 314 g/mol. The van der Waals surface area contributed by atoms with Crippen molar-refractivity contribution in [2.24, 2.45) is 0 Å². The van der Waals surface area contributed by atoms with E-state index >= 15 is 0 Å². The highest BCUT2D eigenvalue weighted by Gasteiger charge is 2.38. The first-order valence-corrected chi connectivity index (χ1v) is 8.21. The van der Waals surface area contributed by atoms with E-state index in [0.717, 1.165) is 47.7 Å². The van der Waals surface area contributed by atoms with Crippen LogP contribution < -0.4 is 0 Å². The molecule has 0 bridgehead atoms. The van der Waals surface area contributed by atoms with Crippen molar-refractivity contribution in [2.75, 3.05) is 12.5 Å². The standard InChI is InChI=1S/C14H13Cl2NOS/c15-9-5-8-1-2-11(13(8)10(16)6-9)17-7-19-12-3-4-18-14(12)17/h5-6,11H,1-4,7H2. The lowest BCUT2D eigenvalue weighted by atomic mass is 10.1. The molecular weight excluding hydrogens is 301 g/mol. The number of aryl methyl sites for hydroxylation is 1. The maximum absolute atomic E-state index is 6.42. The lowest BCUT2D eigenvalue weighted by Crippen LogP contribution is -2.24. The molecule has 0 radical (unpaired) electrons. The monoisotopic (exact) mass is 313 g/mol. The van der Waals surface area contributed by atoms with E-state index in [4.69, 9.17) is 27.9 Å². The summed E-state index contributed by atoms with van der Waals surface area (Å²) >= 11 is 14.4. The summed E-state index contributed by atoms with van der Waals surface area (Å²) in [5, 5.41) is 1.53. The lowest BCUT2D eigenvalue weighted by molar-refractivity contribution is 0.122. The predicted octanol–water partition coefficient (Wildman–Crippen LogP) is 4.58. The van der Waals surface area contributed by atoms with Crippen molar-refractivity contribution in [3.63, 3.8) is 0 Å². The Morgan fingerprint density at radius 3 is 3.05 bits per heavy atom. The molecule has 0 aromatic heterocycles. The Morgan fingerprint density at radius 2 is 2.16 bits per heavy atom. The molecular formula is C14H13Cl2NOS. The van der Waals surface area contributed by atoms with Crippen LogP contribution in [0.1, 0.15) is 30.0 Å². The molecule has 19 heavy (non-hydrogen) atoms. The van der Waals surface area contributed by atoms with Crippen molar-refractivity contribution < 1.29 is 4.74 Å². The second-order valence-corrected chi connectivity index (χ2v) is 6.97. The lowest BCUT2D eigenvalue weighted by Gasteiger charge is -2.28. The summed E-state index contributed by atoms with van der Waals surface area (Å²) in [6.45, 7) is 0.822. The van der Waals surface area contributed by atoms with Gasteiger partial charge in [0.05, 0.1) is 18.5 Å². The van der Waals surface area contributed by atoms with Gasteiger partial charge in [-0.25, -0.2) is 0 Å². The van der Waals surface area contributed by atoms with Crippen LogP contribution >= 0.6 is 35.0 Å². The van der Waals surface area contributed by atoms with Crippen LogP contribution in [0.4, 0.5) is 0 Å². The van der Waals surface area contributed by atoms with Gasteiger partial charge < -0.3 is 9.64 Å². The molecule has 1 aliphatic carbocycles. The smallest absolute Gasteiger partial charge is 0.200 e. The average Bonchev–Trinajstić information content (AvgIpc) is 3.00. The molecule has 0 saturated heterocycles. The van der Waals surface area contributed by atoms with Crippen molar-refractivity contribution in [1.82, 2.24) is 4.90 Å². The largest absolute Gasteiger partial charge is 0.478 e. The molecule has 2 nitrogen and oxygen atoms in total. The van der Waals surface area contributed by atoms with Crippen molar-refractivity contribution >= 4 is 35.0 Å². The van der Waals surface area contributed by atoms with Crippen molar-refractivity contribution in [3.05, 3.63) is 44.1 Å². The topological polar surface area (TPSA) is 12.5 Å². The third kappa shape index (κ3) is 1.86. The summed E-state index contributed by atoms with van der Waals surface area (Å²) in [5.74, 6) is 2.07. The first kappa shape index (κ1) is 12.2. The third-order valence-electron chi connectivity index (χ3n) is 4.02. The van der Waals surface area contributed by atoms with Gasteiger partial charge in [0, 0.05) is 21.4 Å². The fourth-order valence-electron chi connectivity index (χ4n) is 3.21. The molecule has 100 valence electrons. The van der Waals surface area contributed by atoms with E-state index in [0.29, 0.717) is 6.04 Å². The zero-order valence-electron chi connectivity index (χ0n) is 10.3. The molecule has 1 aromatic carbocycles. The van der Waals surface area contributed by atoms with Crippen LogP contribution in [-0.2, 0) is 11.2 Å². The highest BCUT2D eigenvalue weighted by atomic mass is 35.5. The Labute approximate surface area is 126 Å². The minimum Gasteiger partial charge on any atom is -0.478 e. The van der Waals surface area contributed by atoms with Crippen LogP contribution in [0.25, 0.3) is 0 Å². The van der Waals surface area contributed by atoms with E-state index in [1.165, 1.54) is 16.0 Å². The third-order valence-corrected chi connectivity index (χ3v) is 5.69. The van der Waals surface area contributed by atoms with E-state index in [2.05, 4.69) is 11.0 Å². The van der Waals surface area contributed by atoms with Crippen LogP contribution in [0.3, 0.4) is 0 Å². The summed E-state index contributed by atoms with van der Waals surface area (Å²) in [6.07, 6.45) is 3.20. The molecule has 4 rings (SSSR count). The highest BCUT2D eigenvalue weighted by molar-refractivity contribution is 8.03. The molecule has 0 N–H and O–H groups in total. The zero-order chi connectivity index (χ0) is 13.0. The van der Waals surface area contributed by atoms with Crippen molar-refractivity contribution in [1.29, 1.82) is 0 Å². The number of ether oxygens (including phenoxy) is 1. The number of halogens is 2. The van der Waals surface area contributed by atoms with Gasteiger partial charge in [-0.1, -0.05) is 23.2 Å². The Bertz CT molecular complexity index is 587. The fraction of sp³-hybridized carbons (Fsp3) is 0.429. The number of rotatable bonds is 1. The molecule has 2 heterocycles. The first-order chi connectivity index (χ1) is 9.24. The number of benzene rings is 1. The Hall–Kier alpha value is -0.510. The molecule has 0 fully saturated rings. The summed E-state index contributed by atoms with van der Waals surface area (Å²) in [5.41, 5.74) is 2.54. The maximum Gasteiger partial charge on any atom is 0.200 e. The number of thioether (sulfide) groups is 1. The van der Waals surface area contributed by atoms with Gasteiger partial charge in [-0.2, -0.15) is 0 Å². The van der Waals surface area contributed by atoms with Crippen molar-refractivity contribution in [3.8, 4) is 0 Å². The molecule has 0 amide bonds. The van der Waals surface area contributed by atoms with E-state index in [1.54, 1.807) is 0 Å². The highest BCUT2D eigenvalue weighted by Crippen LogP contribution is 2.49. The van der Waals surface area contributed by atoms with E-state index in [1.807, 2.05) is 17.8 Å². The molecule has 1 atom stereocenters. The summed E-state index contributed by atoms with van der Waals surface area (Å²) in [7, 11) is 0. The van der Waals surface area contributed by atoms with Gasteiger partial charge in [-0.3, -0.25) is 0 Å². The second kappa shape index (κ2) is 4.51. The van der Waals surface area contributed by atoms with Crippen molar-refractivity contribution in [2.45, 2.75) is 25.3 Å². The second-order valence-electron chi connectivity index (χ2n) is 5.08. The molecule has 3 aliphatic rings. The number of fused-ring (bicyclic) bond motifs is 1. The van der Waals surface area contributed by atoms with E-state index < -0.39 is 0 Å². The Balaban J connectivity index is 1.73. The Morgan fingerprint density at radius 1 is 1.26 bits per heavy atom. The van der Waals surface area contributed by atoms with Crippen LogP contribution in [-0.4, -0.2) is 17.4 Å². The van der Waals surface area contributed by atoms with Gasteiger partial charge in [-0.05, 0) is 36.1 Å². The molecule has 0 spiro atoms. The van der Waals surface area contributed by atoms with Gasteiger partial charge in [-0.15, -0.1) is 11.8 Å². The van der Waals surface area contributed by atoms with Gasteiger partial charge >= 0.3 is 0 Å². The first-order valence-electron chi connectivity index (χ1n) is 6.47. The molecule has 1 aromatic rings. The summed E-state index contributed by atoms with van der Waals surface area (Å²) in [4.78, 5) is 3.78. The number of nitrogens with zero attached hydrogens (tertiary/aromatic N) is 1. The van der Waals surface area contributed by atoms with E-state index in [-0.39, 0.29) is 0 Å². The maximum atomic E-state index is 6.42. The van der Waals surface area contributed by atoms with E-state index in [9.17, 15) is 0 Å². The van der Waals surface area contributed by atoms with Gasteiger partial charge in [0.15, 0.2) is 0 Å².